The lowest BCUT2D eigenvalue weighted by atomic mass is 10.2. The first-order chi connectivity index (χ1) is 10.2. The number of piperazine rings is 1. The average molecular weight is 299 g/mol. The minimum Gasteiger partial charge on any atom is -0.380 e. The Kier molecular flexibility index (Phi) is 9.37. The van der Waals surface area contributed by atoms with E-state index in [0.717, 1.165) is 45.3 Å². The normalized spacial score (nSPS) is 19.5. The van der Waals surface area contributed by atoms with E-state index < -0.39 is 0 Å². The summed E-state index contributed by atoms with van der Waals surface area (Å²) in [5, 5.41) is 6.66. The summed E-state index contributed by atoms with van der Waals surface area (Å²) in [7, 11) is 1.81. The van der Waals surface area contributed by atoms with Crippen molar-refractivity contribution in [3.05, 3.63) is 0 Å². The predicted octanol–water partition coefficient (Wildman–Crippen LogP) is 0.214. The molecule has 1 atom stereocenters. The van der Waals surface area contributed by atoms with Gasteiger partial charge < -0.3 is 20.3 Å². The Balaban J connectivity index is 2.20. The van der Waals surface area contributed by atoms with Crippen LogP contribution in [0.25, 0.3) is 0 Å². The Morgan fingerprint density at radius 2 is 1.90 bits per heavy atom. The highest BCUT2D eigenvalue weighted by Gasteiger charge is 2.19. The minimum atomic E-state index is 0.523. The SMILES string of the molecule is CCOCCNC(=NC)NCC(C)N1CCN(CC)CC1. The van der Waals surface area contributed by atoms with E-state index in [2.05, 4.69) is 39.3 Å². The molecule has 0 aromatic rings. The van der Waals surface area contributed by atoms with Gasteiger partial charge in [-0.3, -0.25) is 9.89 Å². The zero-order chi connectivity index (χ0) is 15.5. The number of guanidine groups is 1. The minimum absolute atomic E-state index is 0.523. The van der Waals surface area contributed by atoms with Gasteiger partial charge in [0, 0.05) is 59.0 Å². The first-order valence-electron chi connectivity index (χ1n) is 8.19. The molecule has 0 bridgehead atoms. The van der Waals surface area contributed by atoms with Crippen molar-refractivity contribution in [1.82, 2.24) is 20.4 Å². The Bertz CT molecular complexity index is 290. The average Bonchev–Trinajstić information content (AvgIpc) is 2.54. The highest BCUT2D eigenvalue weighted by molar-refractivity contribution is 5.79. The van der Waals surface area contributed by atoms with Gasteiger partial charge in [0.2, 0.25) is 0 Å². The van der Waals surface area contributed by atoms with Crippen molar-refractivity contribution in [2.75, 3.05) is 66.1 Å². The van der Waals surface area contributed by atoms with Crippen molar-refractivity contribution >= 4 is 5.96 Å². The number of aliphatic imine (C=N–C) groups is 1. The van der Waals surface area contributed by atoms with Gasteiger partial charge in [-0.15, -0.1) is 0 Å². The van der Waals surface area contributed by atoms with E-state index in [1.54, 1.807) is 7.05 Å². The van der Waals surface area contributed by atoms with E-state index in [-0.39, 0.29) is 0 Å². The summed E-state index contributed by atoms with van der Waals surface area (Å²) in [4.78, 5) is 9.29. The number of rotatable bonds is 8. The van der Waals surface area contributed by atoms with Crippen LogP contribution in [0, 0.1) is 0 Å². The number of nitrogens with one attached hydrogen (secondary N) is 2. The lowest BCUT2D eigenvalue weighted by Crippen LogP contribution is -2.53. The van der Waals surface area contributed by atoms with E-state index in [1.807, 2.05) is 6.92 Å². The largest absolute Gasteiger partial charge is 0.380 e. The second-order valence-electron chi connectivity index (χ2n) is 5.40. The number of nitrogens with zero attached hydrogens (tertiary/aromatic N) is 3. The fraction of sp³-hybridized carbons (Fsp3) is 0.933. The quantitative estimate of drug-likeness (QED) is 0.381. The van der Waals surface area contributed by atoms with Crippen LogP contribution in [0.5, 0.6) is 0 Å². The van der Waals surface area contributed by atoms with Crippen LogP contribution in [-0.2, 0) is 4.74 Å². The summed E-state index contributed by atoms with van der Waals surface area (Å²) < 4.78 is 5.31. The van der Waals surface area contributed by atoms with Gasteiger partial charge in [0.05, 0.1) is 6.61 Å². The molecule has 2 N–H and O–H groups in total. The molecule has 1 fully saturated rings. The topological polar surface area (TPSA) is 52.1 Å². The molecule has 0 saturated carbocycles. The molecule has 0 amide bonds. The molecule has 1 saturated heterocycles. The summed E-state index contributed by atoms with van der Waals surface area (Å²) in [5.74, 6) is 0.855. The standard InChI is InChI=1S/C15H33N5O/c1-5-19-8-10-20(11-9-19)14(3)13-18-15(16-4)17-7-12-21-6-2/h14H,5-13H2,1-4H3,(H2,16,17,18). The Morgan fingerprint density at radius 1 is 1.19 bits per heavy atom. The molecule has 21 heavy (non-hydrogen) atoms. The summed E-state index contributed by atoms with van der Waals surface area (Å²) in [6.07, 6.45) is 0. The molecule has 0 aromatic carbocycles. The maximum Gasteiger partial charge on any atom is 0.191 e. The van der Waals surface area contributed by atoms with Gasteiger partial charge in [0.15, 0.2) is 5.96 Å². The van der Waals surface area contributed by atoms with Gasteiger partial charge in [-0.05, 0) is 20.4 Å². The van der Waals surface area contributed by atoms with E-state index in [9.17, 15) is 0 Å². The van der Waals surface area contributed by atoms with Gasteiger partial charge in [-0.2, -0.15) is 0 Å². The van der Waals surface area contributed by atoms with Crippen LogP contribution in [-0.4, -0.2) is 87.9 Å². The molecule has 6 heteroatoms. The Labute approximate surface area is 129 Å². The molecule has 0 spiro atoms. The van der Waals surface area contributed by atoms with Gasteiger partial charge in [0.25, 0.3) is 0 Å². The van der Waals surface area contributed by atoms with Gasteiger partial charge in [-0.25, -0.2) is 0 Å². The Hall–Kier alpha value is -0.850. The highest BCUT2D eigenvalue weighted by atomic mass is 16.5. The molecular formula is C15H33N5O. The van der Waals surface area contributed by atoms with Crippen molar-refractivity contribution in [2.24, 2.45) is 4.99 Å². The molecule has 0 aromatic heterocycles. The lowest BCUT2D eigenvalue weighted by molar-refractivity contribution is 0.107. The number of ether oxygens (including phenoxy) is 1. The highest BCUT2D eigenvalue weighted by Crippen LogP contribution is 2.05. The molecule has 6 nitrogen and oxygen atoms in total. The number of hydrogen-bond donors (Lipinski definition) is 2. The van der Waals surface area contributed by atoms with Crippen LogP contribution in [0.4, 0.5) is 0 Å². The molecule has 124 valence electrons. The second-order valence-corrected chi connectivity index (χ2v) is 5.40. The molecule has 1 aliphatic rings. The number of hydrogen-bond acceptors (Lipinski definition) is 4. The molecule has 0 radical (unpaired) electrons. The van der Waals surface area contributed by atoms with Crippen molar-refractivity contribution in [3.63, 3.8) is 0 Å². The molecule has 0 aliphatic carbocycles. The van der Waals surface area contributed by atoms with Gasteiger partial charge in [0.1, 0.15) is 0 Å². The van der Waals surface area contributed by atoms with Crippen molar-refractivity contribution in [3.8, 4) is 0 Å². The van der Waals surface area contributed by atoms with Crippen molar-refractivity contribution < 1.29 is 4.74 Å². The predicted molar refractivity (Wildman–Crippen MR) is 89.0 cm³/mol. The van der Waals surface area contributed by atoms with E-state index >= 15 is 0 Å². The fourth-order valence-corrected chi connectivity index (χ4v) is 2.50. The first kappa shape index (κ1) is 18.2. The Morgan fingerprint density at radius 3 is 2.48 bits per heavy atom. The second kappa shape index (κ2) is 10.8. The molecule has 1 aliphatic heterocycles. The third-order valence-corrected chi connectivity index (χ3v) is 4.01. The van der Waals surface area contributed by atoms with Gasteiger partial charge in [-0.1, -0.05) is 6.92 Å². The zero-order valence-electron chi connectivity index (χ0n) is 14.2. The summed E-state index contributed by atoms with van der Waals surface area (Å²) in [5.41, 5.74) is 0. The zero-order valence-corrected chi connectivity index (χ0v) is 14.2. The van der Waals surface area contributed by atoms with Crippen LogP contribution >= 0.6 is 0 Å². The number of likely N-dealkylation sites (N-methyl/N-ethyl adjacent to an activating group) is 1. The molecule has 1 unspecified atom stereocenters. The fourth-order valence-electron chi connectivity index (χ4n) is 2.50. The summed E-state index contributed by atoms with van der Waals surface area (Å²) in [6, 6.07) is 0.523. The molecule has 1 heterocycles. The summed E-state index contributed by atoms with van der Waals surface area (Å²) in [6.45, 7) is 15.5. The lowest BCUT2D eigenvalue weighted by Gasteiger charge is -2.37. The van der Waals surface area contributed by atoms with Crippen LogP contribution in [0.2, 0.25) is 0 Å². The van der Waals surface area contributed by atoms with Crippen LogP contribution < -0.4 is 10.6 Å². The molecule has 1 rings (SSSR count). The maximum atomic E-state index is 5.31. The van der Waals surface area contributed by atoms with Crippen LogP contribution in [0.15, 0.2) is 4.99 Å². The van der Waals surface area contributed by atoms with E-state index in [0.29, 0.717) is 12.6 Å². The first-order valence-corrected chi connectivity index (χ1v) is 8.19. The monoisotopic (exact) mass is 299 g/mol. The van der Waals surface area contributed by atoms with E-state index in [4.69, 9.17) is 4.74 Å². The maximum absolute atomic E-state index is 5.31. The van der Waals surface area contributed by atoms with Crippen LogP contribution in [0.3, 0.4) is 0 Å². The van der Waals surface area contributed by atoms with Crippen molar-refractivity contribution in [1.29, 1.82) is 0 Å². The summed E-state index contributed by atoms with van der Waals surface area (Å²) >= 11 is 0. The van der Waals surface area contributed by atoms with Crippen LogP contribution in [0.1, 0.15) is 20.8 Å². The van der Waals surface area contributed by atoms with E-state index in [1.165, 1.54) is 13.1 Å². The molecular weight excluding hydrogens is 266 g/mol. The van der Waals surface area contributed by atoms with Gasteiger partial charge >= 0.3 is 0 Å². The third kappa shape index (κ3) is 7.11. The van der Waals surface area contributed by atoms with Crippen molar-refractivity contribution in [2.45, 2.75) is 26.8 Å². The third-order valence-electron chi connectivity index (χ3n) is 4.01. The smallest absolute Gasteiger partial charge is 0.191 e.